The van der Waals surface area contributed by atoms with Gasteiger partial charge in [-0.3, -0.25) is 0 Å². The minimum Gasteiger partial charge on any atom is -0.377 e. The van der Waals surface area contributed by atoms with E-state index < -0.39 is 0 Å². The van der Waals surface area contributed by atoms with E-state index in [1.807, 2.05) is 0 Å². The summed E-state index contributed by atoms with van der Waals surface area (Å²) in [6.07, 6.45) is 4.14. The van der Waals surface area contributed by atoms with Gasteiger partial charge in [0.1, 0.15) is 0 Å². The molecule has 1 heterocycles. The Morgan fingerprint density at radius 3 is 3.00 bits per heavy atom. The lowest BCUT2D eigenvalue weighted by atomic mass is 10.1. The molecule has 2 atom stereocenters. The van der Waals surface area contributed by atoms with E-state index in [9.17, 15) is 0 Å². The molecule has 1 aliphatic heterocycles. The second kappa shape index (κ2) is 7.53. The first kappa shape index (κ1) is 13.3. The molecule has 0 aliphatic carbocycles. The van der Waals surface area contributed by atoms with Crippen molar-refractivity contribution in [2.45, 2.75) is 39.2 Å². The predicted molar refractivity (Wildman–Crippen MR) is 68.7 cm³/mol. The van der Waals surface area contributed by atoms with Gasteiger partial charge < -0.3 is 9.64 Å². The van der Waals surface area contributed by atoms with E-state index in [2.05, 4.69) is 31.4 Å². The van der Waals surface area contributed by atoms with Gasteiger partial charge in [0.2, 0.25) is 0 Å². The van der Waals surface area contributed by atoms with Gasteiger partial charge in [-0.1, -0.05) is 13.3 Å². The van der Waals surface area contributed by atoms with E-state index in [4.69, 9.17) is 4.74 Å². The number of nitrogens with zero attached hydrogens (tertiary/aromatic N) is 1. The summed E-state index contributed by atoms with van der Waals surface area (Å²) >= 11 is 4.44. The molecule has 3 heteroatoms. The molecule has 0 bridgehead atoms. The summed E-state index contributed by atoms with van der Waals surface area (Å²) in [5.74, 6) is 1.77. The molecule has 0 N–H and O–H groups in total. The van der Waals surface area contributed by atoms with Crippen LogP contribution in [0.3, 0.4) is 0 Å². The Hall–Kier alpha value is 0.270. The van der Waals surface area contributed by atoms with Crippen molar-refractivity contribution in [2.24, 2.45) is 5.92 Å². The van der Waals surface area contributed by atoms with Gasteiger partial charge in [-0.25, -0.2) is 0 Å². The molecule has 90 valence electrons. The molecule has 2 nitrogen and oxygen atoms in total. The van der Waals surface area contributed by atoms with Crippen molar-refractivity contribution in [3.63, 3.8) is 0 Å². The maximum Gasteiger partial charge on any atom is 0.0673 e. The Bertz CT molecular complexity index is 166. The fourth-order valence-corrected chi connectivity index (χ4v) is 2.56. The van der Waals surface area contributed by atoms with Gasteiger partial charge in [-0.2, -0.15) is 12.6 Å². The second-order valence-electron chi connectivity index (χ2n) is 4.63. The second-order valence-corrected chi connectivity index (χ2v) is 5.00. The summed E-state index contributed by atoms with van der Waals surface area (Å²) in [5, 5.41) is 0. The smallest absolute Gasteiger partial charge is 0.0673 e. The van der Waals surface area contributed by atoms with Crippen LogP contribution < -0.4 is 0 Å². The molecule has 2 unspecified atom stereocenters. The van der Waals surface area contributed by atoms with Crippen LogP contribution in [0.1, 0.15) is 33.1 Å². The molecule has 1 rings (SSSR count). The zero-order chi connectivity index (χ0) is 11.1. The average molecular weight is 231 g/mol. The summed E-state index contributed by atoms with van der Waals surface area (Å²) < 4.78 is 5.65. The van der Waals surface area contributed by atoms with Gasteiger partial charge in [-0.15, -0.1) is 0 Å². The lowest BCUT2D eigenvalue weighted by Crippen LogP contribution is -2.35. The normalized spacial score (nSPS) is 26.2. The summed E-state index contributed by atoms with van der Waals surface area (Å²) in [5.41, 5.74) is 0. The minimum absolute atomic E-state index is 0.398. The molecule has 0 aromatic heterocycles. The van der Waals surface area contributed by atoms with Crippen LogP contribution in [-0.2, 0) is 4.74 Å². The largest absolute Gasteiger partial charge is 0.377 e. The van der Waals surface area contributed by atoms with Gasteiger partial charge in [0.15, 0.2) is 0 Å². The van der Waals surface area contributed by atoms with Gasteiger partial charge in [0.05, 0.1) is 6.10 Å². The lowest BCUT2D eigenvalue weighted by Gasteiger charge is -2.26. The number of rotatable bonds is 5. The van der Waals surface area contributed by atoms with E-state index in [1.54, 1.807) is 0 Å². The Morgan fingerprint density at radius 2 is 2.33 bits per heavy atom. The van der Waals surface area contributed by atoms with Crippen molar-refractivity contribution in [1.29, 1.82) is 0 Å². The fourth-order valence-electron chi connectivity index (χ4n) is 2.26. The quantitative estimate of drug-likeness (QED) is 0.730. The first-order valence-corrected chi connectivity index (χ1v) is 6.84. The Kier molecular flexibility index (Phi) is 6.69. The Balaban J connectivity index is 2.33. The minimum atomic E-state index is 0.398. The van der Waals surface area contributed by atoms with Crippen LogP contribution >= 0.6 is 12.6 Å². The highest BCUT2D eigenvalue weighted by Gasteiger charge is 2.17. The van der Waals surface area contributed by atoms with Gasteiger partial charge >= 0.3 is 0 Å². The van der Waals surface area contributed by atoms with Crippen molar-refractivity contribution in [3.8, 4) is 0 Å². The zero-order valence-electron chi connectivity index (χ0n) is 10.1. The maximum atomic E-state index is 5.65. The van der Waals surface area contributed by atoms with Crippen molar-refractivity contribution < 1.29 is 4.74 Å². The van der Waals surface area contributed by atoms with Crippen LogP contribution in [-0.4, -0.2) is 43.0 Å². The molecular weight excluding hydrogens is 206 g/mol. The zero-order valence-corrected chi connectivity index (χ0v) is 11.0. The van der Waals surface area contributed by atoms with Crippen LogP contribution in [0.5, 0.6) is 0 Å². The van der Waals surface area contributed by atoms with Crippen molar-refractivity contribution in [1.82, 2.24) is 4.90 Å². The average Bonchev–Trinajstić information content (AvgIpc) is 2.42. The summed E-state index contributed by atoms with van der Waals surface area (Å²) in [6.45, 7) is 8.84. The predicted octanol–water partition coefficient (Wildman–Crippen LogP) is 2.44. The molecule has 0 spiro atoms. The molecule has 1 saturated heterocycles. The first-order valence-electron chi connectivity index (χ1n) is 6.21. The van der Waals surface area contributed by atoms with Crippen molar-refractivity contribution in [2.75, 3.05) is 32.0 Å². The number of hydrogen-bond acceptors (Lipinski definition) is 3. The third-order valence-corrected chi connectivity index (χ3v) is 3.52. The van der Waals surface area contributed by atoms with E-state index in [0.29, 0.717) is 6.10 Å². The molecule has 0 radical (unpaired) electrons. The highest BCUT2D eigenvalue weighted by atomic mass is 32.1. The van der Waals surface area contributed by atoms with Crippen LogP contribution in [0.25, 0.3) is 0 Å². The van der Waals surface area contributed by atoms with Gasteiger partial charge in [-0.05, 0) is 31.4 Å². The lowest BCUT2D eigenvalue weighted by molar-refractivity contribution is 0.0658. The summed E-state index contributed by atoms with van der Waals surface area (Å²) in [6, 6.07) is 0. The summed E-state index contributed by atoms with van der Waals surface area (Å²) in [4.78, 5) is 2.55. The molecule has 0 aromatic rings. The van der Waals surface area contributed by atoms with Gasteiger partial charge in [0, 0.05) is 26.2 Å². The Morgan fingerprint density at radius 1 is 1.53 bits per heavy atom. The molecule has 0 aromatic carbocycles. The van der Waals surface area contributed by atoms with Gasteiger partial charge in [0.25, 0.3) is 0 Å². The van der Waals surface area contributed by atoms with Crippen LogP contribution in [0.15, 0.2) is 0 Å². The van der Waals surface area contributed by atoms with Crippen LogP contribution in [0.4, 0.5) is 0 Å². The third kappa shape index (κ3) is 5.23. The summed E-state index contributed by atoms with van der Waals surface area (Å²) in [7, 11) is 0. The van der Waals surface area contributed by atoms with Crippen molar-refractivity contribution >= 4 is 12.6 Å². The number of hydrogen-bond donors (Lipinski definition) is 1. The molecule has 1 aliphatic rings. The molecular formula is C12H25NOS. The maximum absolute atomic E-state index is 5.65. The molecule has 0 amide bonds. The van der Waals surface area contributed by atoms with E-state index in [0.717, 1.165) is 24.8 Å². The standard InChI is InChI=1S/C12H25NOS/c1-3-5-12(10-15)9-13-6-4-7-14-11(2)8-13/h11-12,15H,3-10H2,1-2H3. The van der Waals surface area contributed by atoms with Crippen LogP contribution in [0, 0.1) is 5.92 Å². The molecule has 15 heavy (non-hydrogen) atoms. The Labute approximate surface area is 99.8 Å². The molecule has 0 saturated carbocycles. The first-order chi connectivity index (χ1) is 7.26. The van der Waals surface area contributed by atoms with Crippen LogP contribution in [0.2, 0.25) is 0 Å². The van der Waals surface area contributed by atoms with E-state index in [-0.39, 0.29) is 0 Å². The number of thiol groups is 1. The monoisotopic (exact) mass is 231 g/mol. The third-order valence-electron chi connectivity index (χ3n) is 3.01. The fraction of sp³-hybridized carbons (Fsp3) is 1.00. The highest BCUT2D eigenvalue weighted by molar-refractivity contribution is 7.80. The van der Waals surface area contributed by atoms with Crippen molar-refractivity contribution in [3.05, 3.63) is 0 Å². The SMILES string of the molecule is CCCC(CS)CN1CCCOC(C)C1. The highest BCUT2D eigenvalue weighted by Crippen LogP contribution is 2.13. The molecule has 1 fully saturated rings. The van der Waals surface area contributed by atoms with E-state index in [1.165, 1.54) is 32.4 Å². The topological polar surface area (TPSA) is 12.5 Å². The number of ether oxygens (including phenoxy) is 1. The van der Waals surface area contributed by atoms with E-state index >= 15 is 0 Å².